The van der Waals surface area contributed by atoms with Crippen molar-refractivity contribution in [2.45, 2.75) is 31.7 Å². The number of hydrogen-bond donors (Lipinski definition) is 1. The first-order valence-electron chi connectivity index (χ1n) is 10.4. The number of aliphatic carboxylic acids is 1. The number of carboxylic acids is 1. The molecule has 1 aliphatic rings. The minimum absolute atomic E-state index is 0.270. The number of carbonyl (C=O) groups is 1. The standard InChI is InChI=1S/C24H25ClN2O4/c25-22-6-2-1-4-18(22)12-21-13-26-24(31-21)19-5-3-11-27(15-19)14-17-7-9-20(10-8-17)30-16-23(28)29/h1-2,4,6-10,13,19H,3,5,11-12,14-16H2,(H,28,29). The molecule has 1 saturated heterocycles. The predicted octanol–water partition coefficient (Wildman–Crippen LogP) is 4.76. The zero-order valence-corrected chi connectivity index (χ0v) is 17.9. The molecule has 3 aromatic rings. The third-order valence-electron chi connectivity index (χ3n) is 5.44. The third-order valence-corrected chi connectivity index (χ3v) is 5.81. The Balaban J connectivity index is 1.34. The molecular weight excluding hydrogens is 416 g/mol. The van der Waals surface area contributed by atoms with Crippen LogP contribution in [0.15, 0.2) is 59.1 Å². The highest BCUT2D eigenvalue weighted by Gasteiger charge is 2.25. The first kappa shape index (κ1) is 21.4. The van der Waals surface area contributed by atoms with E-state index in [9.17, 15) is 4.79 Å². The largest absolute Gasteiger partial charge is 0.482 e. The third kappa shape index (κ3) is 5.87. The maximum Gasteiger partial charge on any atom is 0.341 e. The summed E-state index contributed by atoms with van der Waals surface area (Å²) >= 11 is 6.26. The topological polar surface area (TPSA) is 75.8 Å². The van der Waals surface area contributed by atoms with Gasteiger partial charge in [0.1, 0.15) is 11.5 Å². The molecule has 1 aromatic heterocycles. The van der Waals surface area contributed by atoms with Gasteiger partial charge >= 0.3 is 5.97 Å². The van der Waals surface area contributed by atoms with Crippen LogP contribution in [0.1, 0.15) is 41.5 Å². The fourth-order valence-electron chi connectivity index (χ4n) is 3.92. The number of rotatable bonds is 8. The molecule has 2 heterocycles. The molecule has 0 amide bonds. The van der Waals surface area contributed by atoms with E-state index < -0.39 is 5.97 Å². The van der Waals surface area contributed by atoms with Gasteiger partial charge < -0.3 is 14.3 Å². The molecule has 0 radical (unpaired) electrons. The molecule has 1 atom stereocenters. The van der Waals surface area contributed by atoms with E-state index in [4.69, 9.17) is 25.9 Å². The molecule has 7 heteroatoms. The highest BCUT2D eigenvalue weighted by atomic mass is 35.5. The van der Waals surface area contributed by atoms with Crippen molar-refractivity contribution in [2.24, 2.45) is 0 Å². The molecular formula is C24H25ClN2O4. The van der Waals surface area contributed by atoms with Gasteiger partial charge in [-0.25, -0.2) is 9.78 Å². The van der Waals surface area contributed by atoms with Crippen molar-refractivity contribution in [2.75, 3.05) is 19.7 Å². The molecule has 1 N–H and O–H groups in total. The average Bonchev–Trinajstić information content (AvgIpc) is 3.24. The van der Waals surface area contributed by atoms with Crippen molar-refractivity contribution in [1.82, 2.24) is 9.88 Å². The van der Waals surface area contributed by atoms with Crippen LogP contribution >= 0.6 is 11.6 Å². The van der Waals surface area contributed by atoms with Gasteiger partial charge in [-0.1, -0.05) is 41.9 Å². The number of oxazole rings is 1. The molecule has 0 spiro atoms. The number of hydrogen-bond acceptors (Lipinski definition) is 5. The van der Waals surface area contributed by atoms with Crippen molar-refractivity contribution in [1.29, 1.82) is 0 Å². The first-order valence-corrected chi connectivity index (χ1v) is 10.8. The first-order chi connectivity index (χ1) is 15.1. The lowest BCUT2D eigenvalue weighted by molar-refractivity contribution is -0.139. The lowest BCUT2D eigenvalue weighted by Crippen LogP contribution is -2.34. The Morgan fingerprint density at radius 2 is 2.03 bits per heavy atom. The van der Waals surface area contributed by atoms with E-state index in [0.717, 1.165) is 60.3 Å². The molecule has 1 aliphatic heterocycles. The number of benzene rings is 2. The summed E-state index contributed by atoms with van der Waals surface area (Å²) in [6, 6.07) is 15.4. The molecule has 0 saturated carbocycles. The van der Waals surface area contributed by atoms with Crippen molar-refractivity contribution in [3.8, 4) is 5.75 Å². The van der Waals surface area contributed by atoms with Gasteiger partial charge in [0.05, 0.1) is 6.20 Å². The van der Waals surface area contributed by atoms with Crippen molar-refractivity contribution in [3.05, 3.63) is 82.5 Å². The van der Waals surface area contributed by atoms with Gasteiger partial charge in [0.15, 0.2) is 12.5 Å². The highest BCUT2D eigenvalue weighted by molar-refractivity contribution is 6.31. The number of halogens is 1. The monoisotopic (exact) mass is 440 g/mol. The second-order valence-corrected chi connectivity index (χ2v) is 8.24. The number of aromatic nitrogens is 1. The van der Waals surface area contributed by atoms with Crippen molar-refractivity contribution in [3.63, 3.8) is 0 Å². The Morgan fingerprint density at radius 1 is 1.23 bits per heavy atom. The van der Waals surface area contributed by atoms with Gasteiger partial charge in [-0.05, 0) is 48.7 Å². The highest BCUT2D eigenvalue weighted by Crippen LogP contribution is 2.29. The molecule has 0 bridgehead atoms. The maximum absolute atomic E-state index is 10.6. The summed E-state index contributed by atoms with van der Waals surface area (Å²) in [7, 11) is 0. The van der Waals surface area contributed by atoms with Crippen LogP contribution in [0.2, 0.25) is 5.02 Å². The molecule has 4 rings (SSSR count). The van der Waals surface area contributed by atoms with Crippen LogP contribution in [0.25, 0.3) is 0 Å². The Labute approximate surface area is 186 Å². The molecule has 0 aliphatic carbocycles. The van der Waals surface area contributed by atoms with Gasteiger partial charge in [0.25, 0.3) is 0 Å². The quantitative estimate of drug-likeness (QED) is 0.544. The van der Waals surface area contributed by atoms with Crippen LogP contribution in [0.5, 0.6) is 5.75 Å². The van der Waals surface area contributed by atoms with E-state index in [1.54, 1.807) is 0 Å². The molecule has 1 unspecified atom stereocenters. The summed E-state index contributed by atoms with van der Waals surface area (Å²) in [6.45, 7) is 2.41. The average molecular weight is 441 g/mol. The minimum Gasteiger partial charge on any atom is -0.482 e. The Morgan fingerprint density at radius 3 is 2.81 bits per heavy atom. The number of ether oxygens (including phenoxy) is 1. The van der Waals surface area contributed by atoms with Crippen molar-refractivity contribution < 1.29 is 19.1 Å². The Kier molecular flexibility index (Phi) is 6.89. The Hall–Kier alpha value is -2.83. The summed E-state index contributed by atoms with van der Waals surface area (Å²) in [4.78, 5) is 17.6. The SMILES string of the molecule is O=C(O)COc1ccc(CN2CCCC(c3ncc(Cc4ccccc4Cl)o3)C2)cc1. The van der Waals surface area contributed by atoms with Crippen LogP contribution in [-0.2, 0) is 17.8 Å². The van der Waals surface area contributed by atoms with Crippen LogP contribution in [-0.4, -0.2) is 40.7 Å². The smallest absolute Gasteiger partial charge is 0.341 e. The summed E-state index contributed by atoms with van der Waals surface area (Å²) in [5.74, 6) is 1.48. The molecule has 162 valence electrons. The second-order valence-electron chi connectivity index (χ2n) is 7.83. The Bertz CT molecular complexity index is 1020. The zero-order chi connectivity index (χ0) is 21.6. The van der Waals surface area contributed by atoms with Crippen LogP contribution < -0.4 is 4.74 Å². The molecule has 1 fully saturated rings. The lowest BCUT2D eigenvalue weighted by Gasteiger charge is -2.31. The van der Waals surface area contributed by atoms with E-state index in [0.29, 0.717) is 12.2 Å². The number of likely N-dealkylation sites (tertiary alicyclic amines) is 1. The van der Waals surface area contributed by atoms with Gasteiger partial charge in [-0.3, -0.25) is 4.90 Å². The normalized spacial score (nSPS) is 16.9. The van der Waals surface area contributed by atoms with E-state index in [1.807, 2.05) is 54.7 Å². The van der Waals surface area contributed by atoms with Crippen LogP contribution in [0.3, 0.4) is 0 Å². The van der Waals surface area contributed by atoms with Crippen LogP contribution in [0.4, 0.5) is 0 Å². The van der Waals surface area contributed by atoms with Crippen LogP contribution in [0, 0.1) is 0 Å². The minimum atomic E-state index is -0.981. The fourth-order valence-corrected chi connectivity index (χ4v) is 4.12. The molecule has 6 nitrogen and oxygen atoms in total. The van der Waals surface area contributed by atoms with Crippen molar-refractivity contribution >= 4 is 17.6 Å². The molecule has 31 heavy (non-hydrogen) atoms. The van der Waals surface area contributed by atoms with E-state index in [-0.39, 0.29) is 12.5 Å². The number of piperidine rings is 1. The molecule has 2 aromatic carbocycles. The second kappa shape index (κ2) is 9.98. The summed E-state index contributed by atoms with van der Waals surface area (Å²) < 4.78 is 11.3. The number of carboxylic acid groups (broad SMARTS) is 1. The number of nitrogens with zero attached hydrogens (tertiary/aromatic N) is 2. The van der Waals surface area contributed by atoms with E-state index in [2.05, 4.69) is 9.88 Å². The summed E-state index contributed by atoms with van der Waals surface area (Å²) in [5.41, 5.74) is 2.20. The van der Waals surface area contributed by atoms with Gasteiger partial charge in [0.2, 0.25) is 0 Å². The van der Waals surface area contributed by atoms with Gasteiger partial charge in [-0.2, -0.15) is 0 Å². The van der Waals surface area contributed by atoms with E-state index in [1.165, 1.54) is 0 Å². The zero-order valence-electron chi connectivity index (χ0n) is 17.2. The summed E-state index contributed by atoms with van der Waals surface area (Å²) in [5, 5.41) is 9.44. The van der Waals surface area contributed by atoms with E-state index >= 15 is 0 Å². The van der Waals surface area contributed by atoms with Gasteiger partial charge in [0, 0.05) is 30.5 Å². The summed E-state index contributed by atoms with van der Waals surface area (Å²) in [6.07, 6.45) is 4.60. The fraction of sp³-hybridized carbons (Fsp3) is 0.333. The lowest BCUT2D eigenvalue weighted by atomic mass is 9.97. The maximum atomic E-state index is 10.6. The predicted molar refractivity (Wildman–Crippen MR) is 118 cm³/mol. The van der Waals surface area contributed by atoms with Gasteiger partial charge in [-0.15, -0.1) is 0 Å².